The minimum absolute atomic E-state index is 0.148. The Morgan fingerprint density at radius 2 is 1.82 bits per heavy atom. The first-order chi connectivity index (χ1) is 13.4. The molecule has 2 heterocycles. The second-order valence-corrected chi connectivity index (χ2v) is 7.53. The first-order valence-corrected chi connectivity index (χ1v) is 10.00. The summed E-state index contributed by atoms with van der Waals surface area (Å²) in [6, 6.07) is 2.56. The summed E-state index contributed by atoms with van der Waals surface area (Å²) in [4.78, 5) is 32.8. The number of carbonyl (C=O) groups excluding carboxylic acids is 2. The van der Waals surface area contributed by atoms with Crippen molar-refractivity contribution in [2.45, 2.75) is 19.9 Å². The Morgan fingerprint density at radius 1 is 1.14 bits per heavy atom. The Labute approximate surface area is 166 Å². The van der Waals surface area contributed by atoms with Crippen molar-refractivity contribution in [1.29, 1.82) is 0 Å². The molecule has 0 aliphatic carbocycles. The Morgan fingerprint density at radius 3 is 2.43 bits per heavy atom. The predicted molar refractivity (Wildman–Crippen MR) is 102 cm³/mol. The van der Waals surface area contributed by atoms with Gasteiger partial charge in [0.1, 0.15) is 11.6 Å². The van der Waals surface area contributed by atoms with E-state index in [1.807, 2.05) is 0 Å². The van der Waals surface area contributed by atoms with Crippen LogP contribution < -0.4 is 5.32 Å². The number of benzene rings is 1. The highest BCUT2D eigenvalue weighted by Crippen LogP contribution is 2.14. The summed E-state index contributed by atoms with van der Waals surface area (Å²) in [6.45, 7) is 5.23. The quantitative estimate of drug-likeness (QED) is 0.795. The number of amides is 2. The summed E-state index contributed by atoms with van der Waals surface area (Å²) < 4.78 is 26.4. The standard InChI is InChI=1S/C19H22F2N4O2S/c1-2-17-23-16(12-28-17)11-24-3-5-25(6-4-24)18(26)10-22-19(27)13-7-14(20)9-15(21)8-13/h7-9,12H,2-6,10-11H2,1H3,(H,22,27). The molecule has 0 atom stereocenters. The second-order valence-electron chi connectivity index (χ2n) is 6.58. The lowest BCUT2D eigenvalue weighted by Gasteiger charge is -2.34. The highest BCUT2D eigenvalue weighted by atomic mass is 32.1. The number of nitrogens with zero attached hydrogens (tertiary/aromatic N) is 3. The van der Waals surface area contributed by atoms with E-state index in [4.69, 9.17) is 0 Å². The van der Waals surface area contributed by atoms with Gasteiger partial charge in [0.15, 0.2) is 0 Å². The van der Waals surface area contributed by atoms with Gasteiger partial charge in [0.2, 0.25) is 5.91 Å². The van der Waals surface area contributed by atoms with Crippen molar-refractivity contribution in [3.8, 4) is 0 Å². The molecule has 0 radical (unpaired) electrons. The zero-order valence-corrected chi connectivity index (χ0v) is 16.4. The molecule has 1 aliphatic heterocycles. The topological polar surface area (TPSA) is 65.5 Å². The van der Waals surface area contributed by atoms with Crippen molar-refractivity contribution in [3.63, 3.8) is 0 Å². The summed E-state index contributed by atoms with van der Waals surface area (Å²) in [6.07, 6.45) is 0.931. The lowest BCUT2D eigenvalue weighted by Crippen LogP contribution is -2.50. The monoisotopic (exact) mass is 408 g/mol. The smallest absolute Gasteiger partial charge is 0.251 e. The molecule has 0 bridgehead atoms. The summed E-state index contributed by atoms with van der Waals surface area (Å²) in [7, 11) is 0. The van der Waals surface area contributed by atoms with Crippen LogP contribution in [0.1, 0.15) is 28.0 Å². The van der Waals surface area contributed by atoms with E-state index >= 15 is 0 Å². The molecule has 1 aromatic carbocycles. The third-order valence-corrected chi connectivity index (χ3v) is 5.58. The van der Waals surface area contributed by atoms with Crippen LogP contribution in [0.3, 0.4) is 0 Å². The van der Waals surface area contributed by atoms with E-state index in [9.17, 15) is 18.4 Å². The number of rotatable bonds is 6. The fraction of sp³-hybridized carbons (Fsp3) is 0.421. The van der Waals surface area contributed by atoms with Crippen LogP contribution in [0.5, 0.6) is 0 Å². The maximum atomic E-state index is 13.2. The van der Waals surface area contributed by atoms with E-state index < -0.39 is 17.5 Å². The van der Waals surface area contributed by atoms with Gasteiger partial charge in [0.25, 0.3) is 5.91 Å². The Hall–Kier alpha value is -2.39. The average Bonchev–Trinajstić information content (AvgIpc) is 3.13. The van der Waals surface area contributed by atoms with Crippen LogP contribution in [0.15, 0.2) is 23.6 Å². The Balaban J connectivity index is 1.44. The van der Waals surface area contributed by atoms with Crippen LogP contribution >= 0.6 is 11.3 Å². The van der Waals surface area contributed by atoms with Gasteiger partial charge < -0.3 is 10.2 Å². The summed E-state index contributed by atoms with van der Waals surface area (Å²) in [5, 5.41) is 5.62. The van der Waals surface area contributed by atoms with Crippen LogP contribution in [-0.2, 0) is 17.8 Å². The van der Waals surface area contributed by atoms with Gasteiger partial charge in [-0.25, -0.2) is 13.8 Å². The first-order valence-electron chi connectivity index (χ1n) is 9.12. The van der Waals surface area contributed by atoms with Crippen molar-refractivity contribution < 1.29 is 18.4 Å². The number of aromatic nitrogens is 1. The molecule has 3 rings (SSSR count). The van der Waals surface area contributed by atoms with Crippen LogP contribution in [0.4, 0.5) is 8.78 Å². The molecule has 1 aliphatic rings. The molecular formula is C19H22F2N4O2S. The van der Waals surface area contributed by atoms with Gasteiger partial charge in [-0.15, -0.1) is 11.3 Å². The lowest BCUT2D eigenvalue weighted by atomic mass is 10.2. The molecule has 1 saturated heterocycles. The normalized spacial score (nSPS) is 14.9. The van der Waals surface area contributed by atoms with Crippen molar-refractivity contribution in [3.05, 3.63) is 51.5 Å². The van der Waals surface area contributed by atoms with Crippen molar-refractivity contribution >= 4 is 23.2 Å². The van der Waals surface area contributed by atoms with Gasteiger partial charge in [-0.3, -0.25) is 14.5 Å². The number of hydrogen-bond acceptors (Lipinski definition) is 5. The van der Waals surface area contributed by atoms with E-state index in [0.717, 1.165) is 48.9 Å². The largest absolute Gasteiger partial charge is 0.343 e. The number of nitrogens with one attached hydrogen (secondary N) is 1. The Bertz CT molecular complexity index is 830. The number of halogens is 2. The van der Waals surface area contributed by atoms with Gasteiger partial charge in [-0.05, 0) is 18.6 Å². The van der Waals surface area contributed by atoms with Crippen molar-refractivity contribution in [2.75, 3.05) is 32.7 Å². The highest BCUT2D eigenvalue weighted by molar-refractivity contribution is 7.09. The molecule has 2 aromatic rings. The Kier molecular flexibility index (Phi) is 6.69. The van der Waals surface area contributed by atoms with E-state index in [2.05, 4.69) is 27.5 Å². The van der Waals surface area contributed by atoms with E-state index in [0.29, 0.717) is 19.2 Å². The number of thiazole rings is 1. The second kappa shape index (κ2) is 9.20. The van der Waals surface area contributed by atoms with Gasteiger partial charge in [-0.1, -0.05) is 6.92 Å². The van der Waals surface area contributed by atoms with Gasteiger partial charge in [-0.2, -0.15) is 0 Å². The van der Waals surface area contributed by atoms with E-state index in [1.54, 1.807) is 16.2 Å². The molecule has 6 nitrogen and oxygen atoms in total. The SMILES string of the molecule is CCc1nc(CN2CCN(C(=O)CNC(=O)c3cc(F)cc(F)c3)CC2)cs1. The third kappa shape index (κ3) is 5.32. The number of carbonyl (C=O) groups is 2. The lowest BCUT2D eigenvalue weighted by molar-refractivity contribution is -0.131. The van der Waals surface area contributed by atoms with Gasteiger partial charge >= 0.3 is 0 Å². The van der Waals surface area contributed by atoms with Gasteiger partial charge in [0, 0.05) is 49.7 Å². The minimum atomic E-state index is -0.834. The number of piperazine rings is 1. The van der Waals surface area contributed by atoms with Crippen LogP contribution in [-0.4, -0.2) is 59.3 Å². The maximum Gasteiger partial charge on any atom is 0.251 e. The molecule has 1 N–H and O–H groups in total. The molecule has 1 fully saturated rings. The van der Waals surface area contributed by atoms with Crippen LogP contribution in [0.25, 0.3) is 0 Å². The molecule has 9 heteroatoms. The van der Waals surface area contributed by atoms with Crippen molar-refractivity contribution in [2.24, 2.45) is 0 Å². The predicted octanol–water partition coefficient (Wildman–Crippen LogP) is 2.06. The van der Waals surface area contributed by atoms with E-state index in [1.165, 1.54) is 0 Å². The molecule has 28 heavy (non-hydrogen) atoms. The molecular weight excluding hydrogens is 386 g/mol. The molecule has 0 unspecified atom stereocenters. The van der Waals surface area contributed by atoms with Crippen molar-refractivity contribution in [1.82, 2.24) is 20.1 Å². The van der Waals surface area contributed by atoms with E-state index in [-0.39, 0.29) is 18.0 Å². The zero-order valence-electron chi connectivity index (χ0n) is 15.6. The highest BCUT2D eigenvalue weighted by Gasteiger charge is 2.22. The van der Waals surface area contributed by atoms with Crippen LogP contribution in [0, 0.1) is 11.6 Å². The van der Waals surface area contributed by atoms with Crippen LogP contribution in [0.2, 0.25) is 0 Å². The number of hydrogen-bond donors (Lipinski definition) is 1. The summed E-state index contributed by atoms with van der Waals surface area (Å²) >= 11 is 1.66. The minimum Gasteiger partial charge on any atom is -0.343 e. The number of aryl methyl sites for hydroxylation is 1. The van der Waals surface area contributed by atoms with Gasteiger partial charge in [0.05, 0.1) is 17.2 Å². The molecule has 0 saturated carbocycles. The first kappa shape index (κ1) is 20.3. The fourth-order valence-corrected chi connectivity index (χ4v) is 3.76. The molecule has 150 valence electrons. The average molecular weight is 408 g/mol. The fourth-order valence-electron chi connectivity index (χ4n) is 3.02. The third-order valence-electron chi connectivity index (χ3n) is 4.54. The molecule has 1 aromatic heterocycles. The summed E-state index contributed by atoms with van der Waals surface area (Å²) in [5.41, 5.74) is 0.904. The molecule has 0 spiro atoms. The zero-order chi connectivity index (χ0) is 20.1. The maximum absolute atomic E-state index is 13.2. The summed E-state index contributed by atoms with van der Waals surface area (Å²) in [5.74, 6) is -2.56. The molecule has 2 amide bonds.